The predicted molar refractivity (Wildman–Crippen MR) is 54.9 cm³/mol. The molecule has 1 rings (SSSR count). The molecule has 0 aromatic carbocycles. The zero-order valence-corrected chi connectivity index (χ0v) is 8.97. The Labute approximate surface area is 85.1 Å². The maximum absolute atomic E-state index is 11.8. The smallest absolute Gasteiger partial charge is 0.227 e. The van der Waals surface area contributed by atoms with Crippen molar-refractivity contribution in [2.45, 2.75) is 32.8 Å². The molecule has 1 heterocycles. The number of carbonyl (C=O) groups excluding carboxylic acids is 1. The van der Waals surface area contributed by atoms with Crippen LogP contribution in [0, 0.1) is 5.41 Å². The number of aliphatic hydroxyl groups is 1. The molecule has 0 aromatic rings. The van der Waals surface area contributed by atoms with Gasteiger partial charge in [-0.1, -0.05) is 6.92 Å². The molecule has 82 valence electrons. The zero-order valence-electron chi connectivity index (χ0n) is 8.97. The molecular weight excluding hydrogens is 180 g/mol. The fourth-order valence-electron chi connectivity index (χ4n) is 1.83. The van der Waals surface area contributed by atoms with Gasteiger partial charge in [-0.05, 0) is 26.3 Å². The molecule has 14 heavy (non-hydrogen) atoms. The molecule has 0 radical (unpaired) electrons. The summed E-state index contributed by atoms with van der Waals surface area (Å²) in [6.45, 7) is 5.73. The van der Waals surface area contributed by atoms with E-state index in [9.17, 15) is 4.79 Å². The topological polar surface area (TPSA) is 61.4 Å². The minimum Gasteiger partial charge on any atom is -0.392 e. The molecule has 2 unspecified atom stereocenters. The molecule has 0 aromatic heterocycles. The first-order valence-electron chi connectivity index (χ1n) is 5.28. The summed E-state index contributed by atoms with van der Waals surface area (Å²) >= 11 is 0. The lowest BCUT2D eigenvalue weighted by molar-refractivity contribution is -0.130. The van der Waals surface area contributed by atoms with Crippen molar-refractivity contribution in [1.82, 2.24) is 10.6 Å². The molecule has 1 amide bonds. The van der Waals surface area contributed by atoms with E-state index in [0.717, 1.165) is 25.9 Å². The number of hydrogen-bond donors (Lipinski definition) is 3. The summed E-state index contributed by atoms with van der Waals surface area (Å²) in [4.78, 5) is 11.8. The maximum atomic E-state index is 11.8. The van der Waals surface area contributed by atoms with Gasteiger partial charge >= 0.3 is 0 Å². The molecular formula is C10H20N2O2. The van der Waals surface area contributed by atoms with Gasteiger partial charge in [0.15, 0.2) is 0 Å². The first-order valence-corrected chi connectivity index (χ1v) is 5.28. The van der Waals surface area contributed by atoms with E-state index in [1.54, 1.807) is 6.92 Å². The minimum absolute atomic E-state index is 0.0749. The lowest BCUT2D eigenvalue weighted by Gasteiger charge is -2.25. The van der Waals surface area contributed by atoms with Crippen LogP contribution >= 0.6 is 0 Å². The molecule has 0 aliphatic carbocycles. The second-order valence-electron chi connectivity index (χ2n) is 4.12. The van der Waals surface area contributed by atoms with E-state index in [2.05, 4.69) is 10.6 Å². The SMILES string of the molecule is CCC1(C(=O)NCC(C)O)CCNC1. The second kappa shape index (κ2) is 4.75. The van der Waals surface area contributed by atoms with Crippen molar-refractivity contribution in [2.75, 3.05) is 19.6 Å². The molecule has 3 N–H and O–H groups in total. The molecule has 1 fully saturated rings. The minimum atomic E-state index is -0.470. The van der Waals surface area contributed by atoms with Crippen LogP contribution < -0.4 is 10.6 Å². The van der Waals surface area contributed by atoms with Gasteiger partial charge in [-0.2, -0.15) is 0 Å². The Kier molecular flexibility index (Phi) is 3.89. The summed E-state index contributed by atoms with van der Waals surface area (Å²) in [6.07, 6.45) is 1.28. The Balaban J connectivity index is 2.48. The number of carbonyl (C=O) groups is 1. The first kappa shape index (κ1) is 11.5. The monoisotopic (exact) mass is 200 g/mol. The second-order valence-corrected chi connectivity index (χ2v) is 4.12. The van der Waals surface area contributed by atoms with Gasteiger partial charge in [-0.3, -0.25) is 4.79 Å². The van der Waals surface area contributed by atoms with Crippen molar-refractivity contribution in [3.63, 3.8) is 0 Å². The Bertz CT molecular complexity index is 198. The summed E-state index contributed by atoms with van der Waals surface area (Å²) in [5.41, 5.74) is -0.241. The molecule has 4 heteroatoms. The normalized spacial score (nSPS) is 28.8. The number of rotatable bonds is 4. The van der Waals surface area contributed by atoms with Crippen LogP contribution in [0.5, 0.6) is 0 Å². The van der Waals surface area contributed by atoms with Gasteiger partial charge in [0, 0.05) is 13.1 Å². The van der Waals surface area contributed by atoms with Gasteiger partial charge in [0.1, 0.15) is 0 Å². The highest BCUT2D eigenvalue weighted by Gasteiger charge is 2.39. The summed E-state index contributed by atoms with van der Waals surface area (Å²) < 4.78 is 0. The highest BCUT2D eigenvalue weighted by atomic mass is 16.3. The van der Waals surface area contributed by atoms with Crippen molar-refractivity contribution in [2.24, 2.45) is 5.41 Å². The first-order chi connectivity index (χ1) is 6.60. The third kappa shape index (κ3) is 2.45. The molecule has 1 aliphatic rings. The average molecular weight is 200 g/mol. The van der Waals surface area contributed by atoms with Gasteiger partial charge < -0.3 is 15.7 Å². The summed E-state index contributed by atoms with van der Waals surface area (Å²) in [6, 6.07) is 0. The number of hydrogen-bond acceptors (Lipinski definition) is 3. The Morgan fingerprint density at radius 2 is 2.43 bits per heavy atom. The van der Waals surface area contributed by atoms with E-state index in [4.69, 9.17) is 5.11 Å². The van der Waals surface area contributed by atoms with Gasteiger partial charge in [-0.15, -0.1) is 0 Å². The number of aliphatic hydroxyl groups excluding tert-OH is 1. The van der Waals surface area contributed by atoms with Crippen molar-refractivity contribution in [3.8, 4) is 0 Å². The summed E-state index contributed by atoms with van der Waals surface area (Å²) in [5, 5.41) is 15.1. The Morgan fingerprint density at radius 3 is 2.86 bits per heavy atom. The van der Waals surface area contributed by atoms with Crippen LogP contribution in [0.25, 0.3) is 0 Å². The largest absolute Gasteiger partial charge is 0.392 e. The van der Waals surface area contributed by atoms with Crippen LogP contribution in [0.4, 0.5) is 0 Å². The lowest BCUT2D eigenvalue weighted by Crippen LogP contribution is -2.44. The van der Waals surface area contributed by atoms with Crippen molar-refractivity contribution in [3.05, 3.63) is 0 Å². The van der Waals surface area contributed by atoms with Crippen LogP contribution in [0.2, 0.25) is 0 Å². The van der Waals surface area contributed by atoms with Crippen molar-refractivity contribution < 1.29 is 9.90 Å². The fourth-order valence-corrected chi connectivity index (χ4v) is 1.83. The quantitative estimate of drug-likeness (QED) is 0.592. The summed E-state index contributed by atoms with van der Waals surface area (Å²) in [5.74, 6) is 0.0749. The molecule has 1 saturated heterocycles. The molecule has 4 nitrogen and oxygen atoms in total. The number of nitrogens with one attached hydrogen (secondary N) is 2. The van der Waals surface area contributed by atoms with Gasteiger partial charge in [0.25, 0.3) is 0 Å². The highest BCUT2D eigenvalue weighted by Crippen LogP contribution is 2.29. The lowest BCUT2D eigenvalue weighted by atomic mass is 9.83. The molecule has 0 bridgehead atoms. The van der Waals surface area contributed by atoms with E-state index < -0.39 is 6.10 Å². The van der Waals surface area contributed by atoms with Gasteiger partial charge in [0.05, 0.1) is 11.5 Å². The Hall–Kier alpha value is -0.610. The van der Waals surface area contributed by atoms with E-state index in [-0.39, 0.29) is 11.3 Å². The van der Waals surface area contributed by atoms with E-state index in [1.807, 2.05) is 6.92 Å². The maximum Gasteiger partial charge on any atom is 0.227 e. The third-order valence-electron chi connectivity index (χ3n) is 2.96. The van der Waals surface area contributed by atoms with Gasteiger partial charge in [-0.25, -0.2) is 0 Å². The van der Waals surface area contributed by atoms with Crippen LogP contribution in [0.1, 0.15) is 26.7 Å². The molecule has 0 spiro atoms. The predicted octanol–water partition coefficient (Wildman–Crippen LogP) is -0.127. The molecule has 2 atom stereocenters. The number of amides is 1. The molecule has 0 saturated carbocycles. The summed E-state index contributed by atoms with van der Waals surface area (Å²) in [7, 11) is 0. The standard InChI is InChI=1S/C10H20N2O2/c1-3-10(4-5-11-7-10)9(14)12-6-8(2)13/h8,11,13H,3-7H2,1-2H3,(H,12,14). The Morgan fingerprint density at radius 1 is 1.71 bits per heavy atom. The van der Waals surface area contributed by atoms with Gasteiger partial charge in [0.2, 0.25) is 5.91 Å². The third-order valence-corrected chi connectivity index (χ3v) is 2.96. The van der Waals surface area contributed by atoms with E-state index in [0.29, 0.717) is 6.54 Å². The van der Waals surface area contributed by atoms with E-state index >= 15 is 0 Å². The average Bonchev–Trinajstić information content (AvgIpc) is 2.63. The van der Waals surface area contributed by atoms with Crippen molar-refractivity contribution >= 4 is 5.91 Å². The zero-order chi connectivity index (χ0) is 10.6. The fraction of sp³-hybridized carbons (Fsp3) is 0.900. The van der Waals surface area contributed by atoms with Crippen LogP contribution in [0.3, 0.4) is 0 Å². The highest BCUT2D eigenvalue weighted by molar-refractivity contribution is 5.83. The van der Waals surface area contributed by atoms with Crippen LogP contribution in [-0.2, 0) is 4.79 Å². The molecule has 1 aliphatic heterocycles. The van der Waals surface area contributed by atoms with Crippen LogP contribution in [0.15, 0.2) is 0 Å². The van der Waals surface area contributed by atoms with E-state index in [1.165, 1.54) is 0 Å². The van der Waals surface area contributed by atoms with Crippen LogP contribution in [-0.4, -0.2) is 36.8 Å². The van der Waals surface area contributed by atoms with Crippen molar-refractivity contribution in [1.29, 1.82) is 0 Å².